The van der Waals surface area contributed by atoms with Crippen LogP contribution >= 0.6 is 0 Å². The third kappa shape index (κ3) is 5.29. The van der Waals surface area contributed by atoms with Gasteiger partial charge in [0.25, 0.3) is 0 Å². The molecule has 106 valence electrons. The van der Waals surface area contributed by atoms with Gasteiger partial charge in [0.2, 0.25) is 0 Å². The second kappa shape index (κ2) is 8.28. The minimum absolute atomic E-state index is 0.700. The number of aromatic nitrogens is 1. The van der Waals surface area contributed by atoms with E-state index < -0.39 is 0 Å². The highest BCUT2D eigenvalue weighted by molar-refractivity contribution is 5.03. The summed E-state index contributed by atoms with van der Waals surface area (Å²) in [5.74, 6) is 0. The van der Waals surface area contributed by atoms with E-state index in [1.807, 2.05) is 12.3 Å². The predicted octanol–water partition coefficient (Wildman–Crippen LogP) is 2.48. The number of pyridine rings is 1. The first-order valence-corrected chi connectivity index (χ1v) is 7.74. The molecule has 1 atom stereocenters. The summed E-state index contributed by atoms with van der Waals surface area (Å²) >= 11 is 0. The van der Waals surface area contributed by atoms with Crippen LogP contribution in [0, 0.1) is 0 Å². The molecule has 0 amide bonds. The van der Waals surface area contributed by atoms with Gasteiger partial charge in [-0.05, 0) is 57.5 Å². The Bertz CT molecular complexity index is 339. The third-order valence-electron chi connectivity index (χ3n) is 3.90. The molecule has 1 aromatic rings. The van der Waals surface area contributed by atoms with E-state index in [0.717, 1.165) is 13.0 Å². The Hall–Kier alpha value is -0.930. The Morgan fingerprint density at radius 3 is 3.05 bits per heavy atom. The maximum Gasteiger partial charge on any atom is 0.0416 e. The zero-order valence-electron chi connectivity index (χ0n) is 12.1. The van der Waals surface area contributed by atoms with Crippen molar-refractivity contribution in [2.24, 2.45) is 0 Å². The lowest BCUT2D eigenvalue weighted by atomic mass is 10.1. The lowest BCUT2D eigenvalue weighted by Gasteiger charge is -2.19. The first-order valence-electron chi connectivity index (χ1n) is 7.74. The quantitative estimate of drug-likeness (QED) is 0.852. The van der Waals surface area contributed by atoms with Crippen molar-refractivity contribution in [1.29, 1.82) is 0 Å². The van der Waals surface area contributed by atoms with E-state index >= 15 is 0 Å². The SMILES string of the molecule is CCCN1CCCC(NCCc2ccccn2)CC1. The molecule has 0 aliphatic carbocycles. The minimum Gasteiger partial charge on any atom is -0.314 e. The fraction of sp³-hybridized carbons (Fsp3) is 0.688. The summed E-state index contributed by atoms with van der Waals surface area (Å²) in [5.41, 5.74) is 1.19. The molecule has 2 heterocycles. The number of rotatable bonds is 6. The Labute approximate surface area is 117 Å². The normalized spacial score (nSPS) is 21.2. The van der Waals surface area contributed by atoms with E-state index in [2.05, 4.69) is 34.3 Å². The van der Waals surface area contributed by atoms with Crippen LogP contribution in [0.1, 0.15) is 38.3 Å². The summed E-state index contributed by atoms with van der Waals surface area (Å²) in [5, 5.41) is 3.71. The Morgan fingerprint density at radius 1 is 1.32 bits per heavy atom. The molecule has 1 aliphatic heterocycles. The van der Waals surface area contributed by atoms with Crippen molar-refractivity contribution in [3.05, 3.63) is 30.1 Å². The molecule has 1 N–H and O–H groups in total. The smallest absolute Gasteiger partial charge is 0.0416 e. The van der Waals surface area contributed by atoms with E-state index in [1.165, 1.54) is 51.0 Å². The largest absolute Gasteiger partial charge is 0.314 e. The van der Waals surface area contributed by atoms with Crippen molar-refractivity contribution in [2.45, 2.75) is 45.1 Å². The molecule has 1 unspecified atom stereocenters. The topological polar surface area (TPSA) is 28.2 Å². The zero-order valence-corrected chi connectivity index (χ0v) is 12.1. The fourth-order valence-electron chi connectivity index (χ4n) is 2.85. The van der Waals surface area contributed by atoms with E-state index in [4.69, 9.17) is 0 Å². The van der Waals surface area contributed by atoms with E-state index in [1.54, 1.807) is 0 Å². The molecule has 1 aromatic heterocycles. The second-order valence-electron chi connectivity index (χ2n) is 5.49. The molecule has 2 rings (SSSR count). The highest BCUT2D eigenvalue weighted by atomic mass is 15.1. The predicted molar refractivity (Wildman–Crippen MR) is 80.3 cm³/mol. The molecular weight excluding hydrogens is 234 g/mol. The van der Waals surface area contributed by atoms with Crippen LogP contribution in [-0.4, -0.2) is 42.1 Å². The van der Waals surface area contributed by atoms with Gasteiger partial charge in [0.1, 0.15) is 0 Å². The summed E-state index contributed by atoms with van der Waals surface area (Å²) in [6, 6.07) is 6.85. The molecule has 19 heavy (non-hydrogen) atoms. The van der Waals surface area contributed by atoms with Crippen LogP contribution in [-0.2, 0) is 6.42 Å². The second-order valence-corrected chi connectivity index (χ2v) is 5.49. The third-order valence-corrected chi connectivity index (χ3v) is 3.90. The first-order chi connectivity index (χ1) is 9.38. The van der Waals surface area contributed by atoms with Gasteiger partial charge in [-0.1, -0.05) is 13.0 Å². The average Bonchev–Trinajstić information content (AvgIpc) is 2.66. The Morgan fingerprint density at radius 2 is 2.26 bits per heavy atom. The Balaban J connectivity index is 1.66. The number of nitrogens with one attached hydrogen (secondary N) is 1. The van der Waals surface area contributed by atoms with Gasteiger partial charge in [-0.25, -0.2) is 0 Å². The van der Waals surface area contributed by atoms with Gasteiger partial charge < -0.3 is 10.2 Å². The lowest BCUT2D eigenvalue weighted by molar-refractivity contribution is 0.283. The minimum atomic E-state index is 0.700. The van der Waals surface area contributed by atoms with Crippen LogP contribution in [0.2, 0.25) is 0 Å². The van der Waals surface area contributed by atoms with Gasteiger partial charge in [-0.15, -0.1) is 0 Å². The molecule has 0 aromatic carbocycles. The van der Waals surface area contributed by atoms with Crippen LogP contribution < -0.4 is 5.32 Å². The average molecular weight is 261 g/mol. The van der Waals surface area contributed by atoms with Crippen LogP contribution in [0.4, 0.5) is 0 Å². The zero-order chi connectivity index (χ0) is 13.3. The van der Waals surface area contributed by atoms with Crippen molar-refractivity contribution in [1.82, 2.24) is 15.2 Å². The van der Waals surface area contributed by atoms with Gasteiger partial charge >= 0.3 is 0 Å². The van der Waals surface area contributed by atoms with Crippen LogP contribution in [0.15, 0.2) is 24.4 Å². The molecule has 3 heteroatoms. The van der Waals surface area contributed by atoms with Crippen molar-refractivity contribution in [3.63, 3.8) is 0 Å². The van der Waals surface area contributed by atoms with Crippen LogP contribution in [0.25, 0.3) is 0 Å². The summed E-state index contributed by atoms with van der Waals surface area (Å²) < 4.78 is 0. The molecule has 0 radical (unpaired) electrons. The van der Waals surface area contributed by atoms with Crippen molar-refractivity contribution >= 4 is 0 Å². The standard InChI is InChI=1S/C16H27N3/c1-2-12-19-13-5-7-16(9-14-19)18-11-8-15-6-3-4-10-17-15/h3-4,6,10,16,18H,2,5,7-9,11-14H2,1H3. The monoisotopic (exact) mass is 261 g/mol. The molecule has 1 saturated heterocycles. The van der Waals surface area contributed by atoms with E-state index in [0.29, 0.717) is 6.04 Å². The summed E-state index contributed by atoms with van der Waals surface area (Å²) in [4.78, 5) is 6.98. The van der Waals surface area contributed by atoms with E-state index in [-0.39, 0.29) is 0 Å². The molecule has 0 spiro atoms. The first kappa shape index (κ1) is 14.5. The van der Waals surface area contributed by atoms with Crippen molar-refractivity contribution in [2.75, 3.05) is 26.2 Å². The lowest BCUT2D eigenvalue weighted by Crippen LogP contribution is -2.32. The number of hydrogen-bond acceptors (Lipinski definition) is 3. The number of nitrogens with zero attached hydrogens (tertiary/aromatic N) is 2. The highest BCUT2D eigenvalue weighted by Crippen LogP contribution is 2.11. The molecule has 3 nitrogen and oxygen atoms in total. The fourth-order valence-corrected chi connectivity index (χ4v) is 2.85. The molecule has 1 fully saturated rings. The molecule has 0 bridgehead atoms. The van der Waals surface area contributed by atoms with Gasteiger partial charge in [0, 0.05) is 30.9 Å². The maximum atomic E-state index is 4.37. The van der Waals surface area contributed by atoms with Crippen LogP contribution in [0.5, 0.6) is 0 Å². The van der Waals surface area contributed by atoms with Crippen molar-refractivity contribution in [3.8, 4) is 0 Å². The van der Waals surface area contributed by atoms with Gasteiger partial charge in [0.05, 0.1) is 0 Å². The highest BCUT2D eigenvalue weighted by Gasteiger charge is 2.15. The van der Waals surface area contributed by atoms with Crippen molar-refractivity contribution < 1.29 is 0 Å². The maximum absolute atomic E-state index is 4.37. The summed E-state index contributed by atoms with van der Waals surface area (Å²) in [6.07, 6.45) is 8.14. The molecular formula is C16H27N3. The van der Waals surface area contributed by atoms with Gasteiger partial charge in [0.15, 0.2) is 0 Å². The van der Waals surface area contributed by atoms with Crippen LogP contribution in [0.3, 0.4) is 0 Å². The van der Waals surface area contributed by atoms with Gasteiger partial charge in [-0.3, -0.25) is 4.98 Å². The molecule has 0 saturated carbocycles. The Kier molecular flexibility index (Phi) is 6.31. The van der Waals surface area contributed by atoms with E-state index in [9.17, 15) is 0 Å². The summed E-state index contributed by atoms with van der Waals surface area (Å²) in [6.45, 7) is 7.13. The number of hydrogen-bond donors (Lipinski definition) is 1. The van der Waals surface area contributed by atoms with Gasteiger partial charge in [-0.2, -0.15) is 0 Å². The summed E-state index contributed by atoms with van der Waals surface area (Å²) in [7, 11) is 0. The number of likely N-dealkylation sites (tertiary alicyclic amines) is 1. The molecule has 1 aliphatic rings.